The Labute approximate surface area is 155 Å². The van der Waals surface area contributed by atoms with Gasteiger partial charge in [-0.15, -0.1) is 0 Å². The van der Waals surface area contributed by atoms with Crippen LogP contribution >= 0.6 is 0 Å². The molecule has 0 unspecified atom stereocenters. The van der Waals surface area contributed by atoms with Crippen molar-refractivity contribution >= 4 is 11.7 Å². The molecular formula is C19H21F3N2O3. The molecule has 0 aliphatic rings. The Hall–Kier alpha value is -2.90. The largest absolute Gasteiger partial charge is 0.494 e. The molecule has 0 spiro atoms. The number of alkyl halides is 3. The van der Waals surface area contributed by atoms with E-state index in [0.29, 0.717) is 5.75 Å². The Kier molecular flexibility index (Phi) is 6.92. The molecule has 0 saturated carbocycles. The third-order valence-corrected chi connectivity index (χ3v) is 3.63. The zero-order chi connectivity index (χ0) is 19.9. The van der Waals surface area contributed by atoms with Crippen LogP contribution in [0.4, 0.5) is 23.7 Å². The van der Waals surface area contributed by atoms with Crippen molar-refractivity contribution in [3.05, 3.63) is 54.1 Å². The molecule has 8 heteroatoms. The lowest BCUT2D eigenvalue weighted by Crippen LogP contribution is -2.35. The van der Waals surface area contributed by atoms with Crippen molar-refractivity contribution in [1.82, 2.24) is 4.90 Å². The second-order valence-electron chi connectivity index (χ2n) is 5.65. The number of urea groups is 1. The number of halogens is 3. The predicted octanol–water partition coefficient (Wildman–Crippen LogP) is 4.65. The fourth-order valence-corrected chi connectivity index (χ4v) is 2.25. The molecule has 0 radical (unpaired) electrons. The molecule has 27 heavy (non-hydrogen) atoms. The summed E-state index contributed by atoms with van der Waals surface area (Å²) >= 11 is 0. The third-order valence-electron chi connectivity index (χ3n) is 3.63. The number of nitrogens with zero attached hydrogens (tertiary/aromatic N) is 1. The lowest BCUT2D eigenvalue weighted by atomic mass is 10.1. The normalized spacial score (nSPS) is 11.0. The SMILES string of the molecule is CCOc1ccc(NC(=O)N(C)CCOc2ccccc2)c(C(F)(F)F)c1. The number of carbonyl (C=O) groups is 1. The summed E-state index contributed by atoms with van der Waals surface area (Å²) in [5, 5.41) is 2.29. The minimum atomic E-state index is -4.62. The van der Waals surface area contributed by atoms with Gasteiger partial charge in [-0.25, -0.2) is 4.79 Å². The highest BCUT2D eigenvalue weighted by Crippen LogP contribution is 2.37. The quantitative estimate of drug-likeness (QED) is 0.759. The molecule has 0 heterocycles. The van der Waals surface area contributed by atoms with Gasteiger partial charge in [0, 0.05) is 7.05 Å². The van der Waals surface area contributed by atoms with Gasteiger partial charge >= 0.3 is 12.2 Å². The lowest BCUT2D eigenvalue weighted by Gasteiger charge is -2.20. The Morgan fingerprint density at radius 1 is 1.07 bits per heavy atom. The number of hydrogen-bond acceptors (Lipinski definition) is 3. The maximum Gasteiger partial charge on any atom is 0.418 e. The number of carbonyl (C=O) groups excluding carboxylic acids is 1. The molecule has 0 saturated heterocycles. The number of ether oxygens (including phenoxy) is 2. The highest BCUT2D eigenvalue weighted by molar-refractivity contribution is 5.90. The maximum atomic E-state index is 13.3. The number of hydrogen-bond donors (Lipinski definition) is 1. The molecule has 0 bridgehead atoms. The van der Waals surface area contributed by atoms with Gasteiger partial charge in [0.15, 0.2) is 0 Å². The van der Waals surface area contributed by atoms with Gasteiger partial charge in [0.05, 0.1) is 24.4 Å². The first-order chi connectivity index (χ1) is 12.8. The summed E-state index contributed by atoms with van der Waals surface area (Å²) < 4.78 is 50.4. The summed E-state index contributed by atoms with van der Waals surface area (Å²) in [4.78, 5) is 13.5. The average molecular weight is 382 g/mol. The summed E-state index contributed by atoms with van der Waals surface area (Å²) in [6.07, 6.45) is -4.62. The van der Waals surface area contributed by atoms with E-state index in [2.05, 4.69) is 5.32 Å². The van der Waals surface area contributed by atoms with Gasteiger partial charge in [0.2, 0.25) is 0 Å². The van der Waals surface area contributed by atoms with Gasteiger partial charge in [-0.2, -0.15) is 13.2 Å². The molecule has 2 aromatic carbocycles. The van der Waals surface area contributed by atoms with Crippen molar-refractivity contribution in [2.75, 3.05) is 32.1 Å². The number of amides is 2. The smallest absolute Gasteiger partial charge is 0.418 e. The number of benzene rings is 2. The Balaban J connectivity index is 1.99. The molecule has 2 rings (SSSR count). The first kappa shape index (κ1) is 20.4. The van der Waals surface area contributed by atoms with Crippen LogP contribution in [-0.4, -0.2) is 37.7 Å². The van der Waals surface area contributed by atoms with E-state index in [1.807, 2.05) is 18.2 Å². The van der Waals surface area contributed by atoms with E-state index in [9.17, 15) is 18.0 Å². The second kappa shape index (κ2) is 9.16. The highest BCUT2D eigenvalue weighted by atomic mass is 19.4. The molecule has 5 nitrogen and oxygen atoms in total. The summed E-state index contributed by atoms with van der Waals surface area (Å²) in [7, 11) is 1.48. The van der Waals surface area contributed by atoms with Crippen molar-refractivity contribution in [1.29, 1.82) is 0 Å². The molecule has 0 atom stereocenters. The van der Waals surface area contributed by atoms with Crippen molar-refractivity contribution in [2.45, 2.75) is 13.1 Å². The van der Waals surface area contributed by atoms with E-state index >= 15 is 0 Å². The van der Waals surface area contributed by atoms with Gasteiger partial charge < -0.3 is 19.7 Å². The van der Waals surface area contributed by atoms with Crippen LogP contribution in [0.15, 0.2) is 48.5 Å². The van der Waals surface area contributed by atoms with E-state index in [0.717, 1.165) is 6.07 Å². The summed E-state index contributed by atoms with van der Waals surface area (Å²) in [6.45, 7) is 2.34. The molecule has 0 aliphatic carbocycles. The predicted molar refractivity (Wildman–Crippen MR) is 96.2 cm³/mol. The maximum absolute atomic E-state index is 13.3. The Morgan fingerprint density at radius 3 is 2.41 bits per heavy atom. The van der Waals surface area contributed by atoms with E-state index in [1.54, 1.807) is 19.1 Å². The van der Waals surface area contributed by atoms with E-state index in [4.69, 9.17) is 9.47 Å². The highest BCUT2D eigenvalue weighted by Gasteiger charge is 2.34. The molecule has 2 amide bonds. The Morgan fingerprint density at radius 2 is 1.78 bits per heavy atom. The first-order valence-corrected chi connectivity index (χ1v) is 8.35. The van der Waals surface area contributed by atoms with E-state index in [1.165, 1.54) is 24.1 Å². The van der Waals surface area contributed by atoms with Gasteiger partial charge in [0.25, 0.3) is 0 Å². The van der Waals surface area contributed by atoms with Gasteiger partial charge in [-0.1, -0.05) is 18.2 Å². The standard InChI is InChI=1S/C19H21F3N2O3/c1-3-26-15-9-10-17(16(13-15)19(20,21)22)23-18(25)24(2)11-12-27-14-7-5-4-6-8-14/h4-10,13H,3,11-12H2,1-2H3,(H,23,25). The van der Waals surface area contributed by atoms with Crippen molar-refractivity contribution in [3.8, 4) is 11.5 Å². The molecule has 0 fully saturated rings. The van der Waals surface area contributed by atoms with Gasteiger partial charge in [-0.3, -0.25) is 0 Å². The molecule has 146 valence electrons. The molecular weight excluding hydrogens is 361 g/mol. The molecule has 2 aromatic rings. The summed E-state index contributed by atoms with van der Waals surface area (Å²) in [5.74, 6) is 0.740. The fraction of sp³-hybridized carbons (Fsp3) is 0.316. The lowest BCUT2D eigenvalue weighted by molar-refractivity contribution is -0.137. The number of anilines is 1. The topological polar surface area (TPSA) is 50.8 Å². The minimum absolute atomic E-state index is 0.0902. The van der Waals surface area contributed by atoms with Crippen molar-refractivity contribution in [3.63, 3.8) is 0 Å². The van der Waals surface area contributed by atoms with Crippen LogP contribution in [-0.2, 0) is 6.18 Å². The number of para-hydroxylation sites is 1. The van der Waals surface area contributed by atoms with Gasteiger partial charge in [-0.05, 0) is 37.3 Å². The zero-order valence-electron chi connectivity index (χ0n) is 15.0. The summed E-state index contributed by atoms with van der Waals surface area (Å²) in [6, 6.07) is 11.8. The number of nitrogens with one attached hydrogen (secondary N) is 1. The molecule has 0 aromatic heterocycles. The first-order valence-electron chi connectivity index (χ1n) is 8.35. The Bertz CT molecular complexity index is 752. The van der Waals surface area contributed by atoms with Crippen molar-refractivity contribution < 1.29 is 27.4 Å². The van der Waals surface area contributed by atoms with Crippen LogP contribution in [0.3, 0.4) is 0 Å². The van der Waals surface area contributed by atoms with Crippen LogP contribution in [0.1, 0.15) is 12.5 Å². The zero-order valence-corrected chi connectivity index (χ0v) is 15.0. The number of likely N-dealkylation sites (N-methyl/N-ethyl adjacent to an activating group) is 1. The fourth-order valence-electron chi connectivity index (χ4n) is 2.25. The summed E-state index contributed by atoms with van der Waals surface area (Å²) in [5.41, 5.74) is -1.29. The van der Waals surface area contributed by atoms with Gasteiger partial charge in [0.1, 0.15) is 18.1 Å². The number of rotatable bonds is 7. The van der Waals surface area contributed by atoms with Crippen LogP contribution in [0, 0.1) is 0 Å². The monoisotopic (exact) mass is 382 g/mol. The van der Waals surface area contributed by atoms with Crippen LogP contribution in [0.2, 0.25) is 0 Å². The third kappa shape index (κ3) is 6.09. The van der Waals surface area contributed by atoms with E-state index < -0.39 is 17.8 Å². The molecule has 0 aliphatic heterocycles. The van der Waals surface area contributed by atoms with Crippen molar-refractivity contribution in [2.24, 2.45) is 0 Å². The minimum Gasteiger partial charge on any atom is -0.494 e. The second-order valence-corrected chi connectivity index (χ2v) is 5.65. The van der Waals surface area contributed by atoms with E-state index in [-0.39, 0.29) is 31.2 Å². The van der Waals surface area contributed by atoms with Crippen LogP contribution in [0.5, 0.6) is 11.5 Å². The molecule has 1 N–H and O–H groups in total. The van der Waals surface area contributed by atoms with Crippen LogP contribution < -0.4 is 14.8 Å². The average Bonchev–Trinajstić information content (AvgIpc) is 2.63. The van der Waals surface area contributed by atoms with Crippen LogP contribution in [0.25, 0.3) is 0 Å².